The van der Waals surface area contributed by atoms with Crippen molar-refractivity contribution in [3.05, 3.63) is 69.7 Å². The minimum Gasteiger partial charge on any atom is -0.350 e. The van der Waals surface area contributed by atoms with E-state index in [2.05, 4.69) is 31.5 Å². The summed E-state index contributed by atoms with van der Waals surface area (Å²) in [5.41, 5.74) is -0.360. The van der Waals surface area contributed by atoms with E-state index in [-0.39, 0.29) is 30.0 Å². The van der Waals surface area contributed by atoms with Crippen LogP contribution in [0.5, 0.6) is 0 Å². The van der Waals surface area contributed by atoms with Crippen LogP contribution in [-0.2, 0) is 11.0 Å². The fourth-order valence-electron chi connectivity index (χ4n) is 5.13. The van der Waals surface area contributed by atoms with E-state index in [0.29, 0.717) is 18.0 Å². The van der Waals surface area contributed by atoms with Gasteiger partial charge in [0.1, 0.15) is 0 Å². The number of likely N-dealkylation sites (tertiary alicyclic amines) is 2. The van der Waals surface area contributed by atoms with Crippen molar-refractivity contribution in [1.82, 2.24) is 20.4 Å². The van der Waals surface area contributed by atoms with Crippen LogP contribution < -0.4 is 10.6 Å². The van der Waals surface area contributed by atoms with E-state index in [4.69, 9.17) is 0 Å². The zero-order chi connectivity index (χ0) is 28.0. The highest BCUT2D eigenvalue weighted by Crippen LogP contribution is 2.29. The summed E-state index contributed by atoms with van der Waals surface area (Å²) >= 11 is 3.42. The molecular weight excluding hydrogens is 577 g/mol. The highest BCUT2D eigenvalue weighted by atomic mass is 79.9. The molecule has 2 aromatic rings. The molecule has 0 spiro atoms. The standard InChI is InChI=1S/C28H32BrF3N4O3/c29-23-6-2-4-21(16-23)27(39)36-13-8-19(9-14-36)7-11-35-12-10-24(18-35)34-25(37)17-33-26(38)20-3-1-5-22(15-20)28(30,31)32/h1-6,15-16,19,24H,7-14,17-18H2,(H,33,38)(H,34,37)/t24-/m1/s1. The monoisotopic (exact) mass is 608 g/mol. The average Bonchev–Trinajstić information content (AvgIpc) is 3.37. The van der Waals surface area contributed by atoms with Gasteiger partial charge >= 0.3 is 6.18 Å². The maximum Gasteiger partial charge on any atom is 0.416 e. The molecule has 210 valence electrons. The van der Waals surface area contributed by atoms with Gasteiger partial charge in [-0.2, -0.15) is 13.2 Å². The minimum absolute atomic E-state index is 0.0346. The zero-order valence-corrected chi connectivity index (χ0v) is 23.1. The predicted molar refractivity (Wildman–Crippen MR) is 144 cm³/mol. The third kappa shape index (κ3) is 8.28. The Kier molecular flexibility index (Phi) is 9.66. The Morgan fingerprint density at radius 2 is 1.67 bits per heavy atom. The molecule has 0 aromatic heterocycles. The summed E-state index contributed by atoms with van der Waals surface area (Å²) in [6.45, 7) is 3.70. The van der Waals surface area contributed by atoms with Gasteiger partial charge in [0, 0.05) is 47.8 Å². The van der Waals surface area contributed by atoms with Gasteiger partial charge in [-0.1, -0.05) is 28.1 Å². The number of amides is 3. The second-order valence-electron chi connectivity index (χ2n) is 10.1. The third-order valence-corrected chi connectivity index (χ3v) is 7.82. The van der Waals surface area contributed by atoms with Crippen molar-refractivity contribution in [2.75, 3.05) is 39.3 Å². The zero-order valence-electron chi connectivity index (χ0n) is 21.5. The highest BCUT2D eigenvalue weighted by molar-refractivity contribution is 9.10. The number of carbonyl (C=O) groups is 3. The molecular formula is C28H32BrF3N4O3. The van der Waals surface area contributed by atoms with Crippen molar-refractivity contribution < 1.29 is 27.6 Å². The molecule has 2 aromatic carbocycles. The first-order valence-corrected chi connectivity index (χ1v) is 13.9. The summed E-state index contributed by atoms with van der Waals surface area (Å²) < 4.78 is 39.5. The molecule has 1 atom stereocenters. The summed E-state index contributed by atoms with van der Waals surface area (Å²) in [5.74, 6) is -0.478. The summed E-state index contributed by atoms with van der Waals surface area (Å²) in [6, 6.07) is 11.5. The van der Waals surface area contributed by atoms with Gasteiger partial charge in [0.2, 0.25) is 5.91 Å². The molecule has 0 saturated carbocycles. The molecule has 2 aliphatic heterocycles. The van der Waals surface area contributed by atoms with Gasteiger partial charge < -0.3 is 20.4 Å². The van der Waals surface area contributed by atoms with Gasteiger partial charge in [-0.25, -0.2) is 0 Å². The Morgan fingerprint density at radius 1 is 0.949 bits per heavy atom. The lowest BCUT2D eigenvalue weighted by atomic mass is 9.93. The smallest absolute Gasteiger partial charge is 0.350 e. The van der Waals surface area contributed by atoms with E-state index >= 15 is 0 Å². The van der Waals surface area contributed by atoms with Crippen molar-refractivity contribution in [3.8, 4) is 0 Å². The molecule has 0 radical (unpaired) electrons. The quantitative estimate of drug-likeness (QED) is 0.467. The fraction of sp³-hybridized carbons (Fsp3) is 0.464. The second kappa shape index (κ2) is 13.0. The van der Waals surface area contributed by atoms with E-state index in [1.807, 2.05) is 29.2 Å². The van der Waals surface area contributed by atoms with Crippen LogP contribution in [0.3, 0.4) is 0 Å². The number of nitrogens with zero attached hydrogens (tertiary/aromatic N) is 2. The van der Waals surface area contributed by atoms with Crippen molar-refractivity contribution in [2.45, 2.75) is 37.9 Å². The Labute approximate surface area is 234 Å². The number of piperidine rings is 1. The van der Waals surface area contributed by atoms with Crippen molar-refractivity contribution in [1.29, 1.82) is 0 Å². The van der Waals surface area contributed by atoms with Gasteiger partial charge in [0.25, 0.3) is 11.8 Å². The Hall–Kier alpha value is -2.92. The number of halogens is 4. The topological polar surface area (TPSA) is 81.8 Å². The number of hydrogen-bond donors (Lipinski definition) is 2. The highest BCUT2D eigenvalue weighted by Gasteiger charge is 2.31. The largest absolute Gasteiger partial charge is 0.416 e. The number of nitrogens with one attached hydrogen (secondary N) is 2. The Balaban J connectivity index is 1.13. The Morgan fingerprint density at radius 3 is 2.38 bits per heavy atom. The normalized spacial score (nSPS) is 18.7. The van der Waals surface area contributed by atoms with Gasteiger partial charge in [0.05, 0.1) is 12.1 Å². The average molecular weight is 609 g/mol. The van der Waals surface area contributed by atoms with Gasteiger partial charge in [-0.15, -0.1) is 0 Å². The lowest BCUT2D eigenvalue weighted by molar-refractivity contribution is -0.137. The van der Waals surface area contributed by atoms with E-state index < -0.39 is 17.6 Å². The first-order valence-electron chi connectivity index (χ1n) is 13.1. The van der Waals surface area contributed by atoms with E-state index in [0.717, 1.165) is 74.5 Å². The second-order valence-corrected chi connectivity index (χ2v) is 11.1. The van der Waals surface area contributed by atoms with Gasteiger partial charge in [0.15, 0.2) is 0 Å². The van der Waals surface area contributed by atoms with Crippen LogP contribution in [0.2, 0.25) is 0 Å². The predicted octanol–water partition coefficient (Wildman–Crippen LogP) is 4.33. The van der Waals surface area contributed by atoms with Crippen LogP contribution in [0.15, 0.2) is 53.0 Å². The first-order chi connectivity index (χ1) is 18.6. The number of hydrogen-bond acceptors (Lipinski definition) is 4. The summed E-state index contributed by atoms with van der Waals surface area (Å²) in [4.78, 5) is 41.5. The van der Waals surface area contributed by atoms with E-state index in [1.54, 1.807) is 0 Å². The van der Waals surface area contributed by atoms with Gasteiger partial charge in [-0.3, -0.25) is 14.4 Å². The summed E-state index contributed by atoms with van der Waals surface area (Å²) in [6.07, 6.45) is -0.767. The van der Waals surface area contributed by atoms with Crippen LogP contribution >= 0.6 is 15.9 Å². The van der Waals surface area contributed by atoms with Crippen LogP contribution in [0, 0.1) is 5.92 Å². The van der Waals surface area contributed by atoms with Gasteiger partial charge in [-0.05, 0) is 74.5 Å². The first kappa shape index (κ1) is 29.1. The molecule has 2 aliphatic rings. The summed E-state index contributed by atoms with van der Waals surface area (Å²) in [5, 5.41) is 5.30. The Bertz CT molecular complexity index is 1180. The van der Waals surface area contributed by atoms with Crippen LogP contribution in [-0.4, -0.2) is 72.8 Å². The third-order valence-electron chi connectivity index (χ3n) is 7.33. The molecule has 0 unspecified atom stereocenters. The molecule has 0 bridgehead atoms. The number of rotatable bonds is 8. The SMILES string of the molecule is O=C(CNC(=O)c1cccc(C(F)(F)F)c1)N[C@@H]1CCN(CCC2CCN(C(=O)c3cccc(Br)c3)CC2)C1. The molecule has 11 heteroatoms. The number of carbonyl (C=O) groups excluding carboxylic acids is 3. The molecule has 3 amide bonds. The maximum absolute atomic E-state index is 12.9. The van der Waals surface area contributed by atoms with Crippen LogP contribution in [0.1, 0.15) is 52.0 Å². The van der Waals surface area contributed by atoms with Crippen molar-refractivity contribution in [3.63, 3.8) is 0 Å². The molecule has 2 fully saturated rings. The molecule has 2 saturated heterocycles. The minimum atomic E-state index is -4.54. The van der Waals surface area contributed by atoms with Crippen LogP contribution in [0.4, 0.5) is 13.2 Å². The molecule has 39 heavy (non-hydrogen) atoms. The lowest BCUT2D eigenvalue weighted by Crippen LogP contribution is -2.43. The lowest BCUT2D eigenvalue weighted by Gasteiger charge is -2.33. The molecule has 2 N–H and O–H groups in total. The molecule has 0 aliphatic carbocycles. The summed E-state index contributed by atoms with van der Waals surface area (Å²) in [7, 11) is 0. The van der Waals surface area contributed by atoms with Crippen molar-refractivity contribution >= 4 is 33.7 Å². The molecule has 2 heterocycles. The van der Waals surface area contributed by atoms with E-state index in [1.165, 1.54) is 6.07 Å². The van der Waals surface area contributed by atoms with E-state index in [9.17, 15) is 27.6 Å². The van der Waals surface area contributed by atoms with Crippen molar-refractivity contribution in [2.24, 2.45) is 5.92 Å². The number of benzene rings is 2. The maximum atomic E-state index is 12.9. The molecule has 4 rings (SSSR count). The number of alkyl halides is 3. The molecule has 7 nitrogen and oxygen atoms in total. The fourth-order valence-corrected chi connectivity index (χ4v) is 5.52. The van der Waals surface area contributed by atoms with Crippen LogP contribution in [0.25, 0.3) is 0 Å².